The van der Waals surface area contributed by atoms with Crippen molar-refractivity contribution in [3.8, 4) is 0 Å². The van der Waals surface area contributed by atoms with E-state index in [1.54, 1.807) is 0 Å². The highest BCUT2D eigenvalue weighted by Crippen LogP contribution is 2.35. The fourth-order valence-corrected chi connectivity index (χ4v) is 4.05. The number of benzene rings is 2. The molecule has 1 aromatic heterocycles. The Balaban J connectivity index is 1.84. The summed E-state index contributed by atoms with van der Waals surface area (Å²) in [5.74, 6) is 0. The van der Waals surface area contributed by atoms with Crippen molar-refractivity contribution in [2.75, 3.05) is 19.0 Å². The zero-order chi connectivity index (χ0) is 17.6. The Bertz CT molecular complexity index is 979. The number of aromatic nitrogens is 1. The quantitative estimate of drug-likeness (QED) is 0.627. The number of anilines is 1. The maximum Gasteiger partial charge on any atom is 0.213 e. The molecule has 2 nitrogen and oxygen atoms in total. The Morgan fingerprint density at radius 3 is 2.40 bits per heavy atom. The minimum atomic E-state index is 1.12. The van der Waals surface area contributed by atoms with Crippen LogP contribution in [0.2, 0.25) is 0 Å². The molecule has 0 N–H and O–H groups in total. The summed E-state index contributed by atoms with van der Waals surface area (Å²) in [5, 5.41) is 1.38. The second kappa shape index (κ2) is 6.03. The molecule has 0 saturated heterocycles. The van der Waals surface area contributed by atoms with Crippen molar-refractivity contribution < 1.29 is 4.57 Å². The molecule has 0 spiro atoms. The van der Waals surface area contributed by atoms with E-state index in [0.717, 1.165) is 12.8 Å². The zero-order valence-corrected chi connectivity index (χ0v) is 15.5. The number of rotatable bonds is 2. The average molecular weight is 329 g/mol. The van der Waals surface area contributed by atoms with Crippen LogP contribution in [-0.4, -0.2) is 14.1 Å². The first-order chi connectivity index (χ1) is 12.1. The first kappa shape index (κ1) is 15.9. The van der Waals surface area contributed by atoms with Gasteiger partial charge in [0.15, 0.2) is 0 Å². The van der Waals surface area contributed by atoms with Crippen molar-refractivity contribution in [2.24, 2.45) is 7.05 Å². The molecule has 0 atom stereocenters. The van der Waals surface area contributed by atoms with Crippen molar-refractivity contribution in [3.05, 3.63) is 70.9 Å². The molecule has 126 valence electrons. The molecule has 0 saturated carbocycles. The van der Waals surface area contributed by atoms with Crippen molar-refractivity contribution in [1.82, 2.24) is 0 Å². The Hall–Kier alpha value is -2.61. The Morgan fingerprint density at radius 1 is 0.960 bits per heavy atom. The van der Waals surface area contributed by atoms with E-state index in [-0.39, 0.29) is 0 Å². The van der Waals surface area contributed by atoms with Gasteiger partial charge >= 0.3 is 0 Å². The molecule has 1 aliphatic rings. The first-order valence-electron chi connectivity index (χ1n) is 8.95. The average Bonchev–Trinajstić information content (AvgIpc) is 3.04. The van der Waals surface area contributed by atoms with E-state index in [0.29, 0.717) is 0 Å². The molecule has 1 aliphatic carbocycles. The first-order valence-corrected chi connectivity index (χ1v) is 8.95. The van der Waals surface area contributed by atoms with Gasteiger partial charge in [0.2, 0.25) is 11.2 Å². The Labute approximate surface area is 150 Å². The van der Waals surface area contributed by atoms with Gasteiger partial charge in [0.25, 0.3) is 0 Å². The standard InChI is InChI=1S/C23H25N2/c1-16-20-7-5-6-8-22(20)25(4)23-18(11-14-21(16)23)15-17-9-12-19(13-10-17)24(2)3/h5-10,12-13,15H,11,14H2,1-4H3/q+1. The summed E-state index contributed by atoms with van der Waals surface area (Å²) < 4.78 is 2.38. The van der Waals surface area contributed by atoms with Gasteiger partial charge in [-0.3, -0.25) is 0 Å². The van der Waals surface area contributed by atoms with Gasteiger partial charge in [0.1, 0.15) is 7.05 Å². The van der Waals surface area contributed by atoms with E-state index >= 15 is 0 Å². The molecule has 0 amide bonds. The SMILES string of the molecule is Cc1c2c([n+](C)c3ccccc13)/C(=C/c1ccc(N(C)C)cc1)CC2. The normalized spacial score (nSPS) is 15.0. The third kappa shape index (κ3) is 2.62. The predicted molar refractivity (Wildman–Crippen MR) is 107 cm³/mol. The monoisotopic (exact) mass is 329 g/mol. The second-order valence-corrected chi connectivity index (χ2v) is 7.18. The molecule has 3 aromatic rings. The molecule has 2 aromatic carbocycles. The fourth-order valence-electron chi connectivity index (χ4n) is 4.05. The van der Waals surface area contributed by atoms with Crippen LogP contribution in [0.1, 0.15) is 28.8 Å². The van der Waals surface area contributed by atoms with Gasteiger partial charge in [-0.1, -0.05) is 24.3 Å². The summed E-state index contributed by atoms with van der Waals surface area (Å²) in [4.78, 5) is 2.14. The lowest BCUT2D eigenvalue weighted by molar-refractivity contribution is -0.647. The number of hydrogen-bond acceptors (Lipinski definition) is 1. The van der Waals surface area contributed by atoms with E-state index in [1.165, 1.54) is 44.5 Å². The summed E-state index contributed by atoms with van der Waals surface area (Å²) in [6.45, 7) is 2.27. The summed E-state index contributed by atoms with van der Waals surface area (Å²) in [7, 11) is 6.36. The van der Waals surface area contributed by atoms with Crippen molar-refractivity contribution >= 4 is 28.2 Å². The number of nitrogens with zero attached hydrogens (tertiary/aromatic N) is 2. The molecule has 0 aliphatic heterocycles. The third-order valence-electron chi connectivity index (χ3n) is 5.44. The number of aryl methyl sites for hydroxylation is 2. The van der Waals surface area contributed by atoms with Gasteiger partial charge in [0, 0.05) is 42.4 Å². The summed E-state index contributed by atoms with van der Waals surface area (Å²) >= 11 is 0. The van der Waals surface area contributed by atoms with E-state index in [2.05, 4.69) is 92.1 Å². The number of pyridine rings is 1. The van der Waals surface area contributed by atoms with Crippen LogP contribution >= 0.6 is 0 Å². The molecule has 2 heteroatoms. The number of para-hydroxylation sites is 1. The minimum absolute atomic E-state index is 1.12. The van der Waals surface area contributed by atoms with Crippen LogP contribution in [0.15, 0.2) is 48.5 Å². The number of fused-ring (bicyclic) bond motifs is 2. The van der Waals surface area contributed by atoms with Gasteiger partial charge in [-0.15, -0.1) is 0 Å². The van der Waals surface area contributed by atoms with E-state index in [4.69, 9.17) is 0 Å². The van der Waals surface area contributed by atoms with Crippen molar-refractivity contribution in [1.29, 1.82) is 0 Å². The minimum Gasteiger partial charge on any atom is -0.378 e. The van der Waals surface area contributed by atoms with E-state index < -0.39 is 0 Å². The van der Waals surface area contributed by atoms with Crippen LogP contribution in [0.3, 0.4) is 0 Å². The zero-order valence-electron chi connectivity index (χ0n) is 15.5. The van der Waals surface area contributed by atoms with E-state index in [1.807, 2.05) is 0 Å². The van der Waals surface area contributed by atoms with Crippen LogP contribution in [0, 0.1) is 6.92 Å². The van der Waals surface area contributed by atoms with Gasteiger partial charge in [0.05, 0.1) is 0 Å². The maximum atomic E-state index is 2.38. The summed E-state index contributed by atoms with van der Waals surface area (Å²) in [6.07, 6.45) is 4.62. The summed E-state index contributed by atoms with van der Waals surface area (Å²) in [5.41, 5.74) is 9.64. The molecule has 4 rings (SSSR count). The van der Waals surface area contributed by atoms with Gasteiger partial charge in [-0.05, 0) is 55.2 Å². The van der Waals surface area contributed by atoms with Crippen LogP contribution in [0.25, 0.3) is 22.6 Å². The molecule has 0 fully saturated rings. The van der Waals surface area contributed by atoms with Crippen molar-refractivity contribution in [3.63, 3.8) is 0 Å². The Kier molecular flexibility index (Phi) is 3.84. The smallest absolute Gasteiger partial charge is 0.213 e. The highest BCUT2D eigenvalue weighted by molar-refractivity contribution is 5.88. The van der Waals surface area contributed by atoms with Gasteiger partial charge in [-0.25, -0.2) is 0 Å². The molecule has 0 unspecified atom stereocenters. The third-order valence-corrected chi connectivity index (χ3v) is 5.44. The molecule has 0 radical (unpaired) electrons. The van der Waals surface area contributed by atoms with Crippen molar-refractivity contribution in [2.45, 2.75) is 19.8 Å². The molecular formula is C23H25N2+. The maximum absolute atomic E-state index is 2.38. The number of allylic oxidation sites excluding steroid dienone is 1. The van der Waals surface area contributed by atoms with Gasteiger partial charge < -0.3 is 4.90 Å². The molecule has 1 heterocycles. The Morgan fingerprint density at radius 2 is 1.68 bits per heavy atom. The van der Waals surface area contributed by atoms with Gasteiger partial charge in [-0.2, -0.15) is 4.57 Å². The molecular weight excluding hydrogens is 304 g/mol. The molecule has 0 bridgehead atoms. The van der Waals surface area contributed by atoms with Crippen LogP contribution in [-0.2, 0) is 13.5 Å². The lowest BCUT2D eigenvalue weighted by Crippen LogP contribution is -2.34. The summed E-state index contributed by atoms with van der Waals surface area (Å²) in [6, 6.07) is 17.5. The van der Waals surface area contributed by atoms with Crippen LogP contribution in [0.4, 0.5) is 5.69 Å². The largest absolute Gasteiger partial charge is 0.378 e. The highest BCUT2D eigenvalue weighted by Gasteiger charge is 2.29. The van der Waals surface area contributed by atoms with E-state index in [9.17, 15) is 0 Å². The number of hydrogen-bond donors (Lipinski definition) is 0. The van der Waals surface area contributed by atoms with Crippen LogP contribution < -0.4 is 9.47 Å². The predicted octanol–water partition coefficient (Wildman–Crippen LogP) is 4.53. The molecule has 25 heavy (non-hydrogen) atoms. The second-order valence-electron chi connectivity index (χ2n) is 7.18. The fraction of sp³-hybridized carbons (Fsp3) is 0.261. The topological polar surface area (TPSA) is 7.12 Å². The highest BCUT2D eigenvalue weighted by atomic mass is 15.1. The lowest BCUT2D eigenvalue weighted by atomic mass is 10.0. The van der Waals surface area contributed by atoms with Crippen LogP contribution in [0.5, 0.6) is 0 Å². The lowest BCUT2D eigenvalue weighted by Gasteiger charge is -2.12.